The van der Waals surface area contributed by atoms with Crippen molar-refractivity contribution in [2.24, 2.45) is 5.92 Å². The molecule has 0 atom stereocenters. The van der Waals surface area contributed by atoms with Crippen LogP contribution >= 0.6 is 22.9 Å². The lowest BCUT2D eigenvalue weighted by atomic mass is 10.2. The zero-order valence-electron chi connectivity index (χ0n) is 11.7. The fourth-order valence-corrected chi connectivity index (χ4v) is 2.62. The molecular weight excluding hydrogens is 292 g/mol. The number of nitrogens with one attached hydrogen (secondary N) is 1. The summed E-state index contributed by atoms with van der Waals surface area (Å²) in [6, 6.07) is 7.47. The van der Waals surface area contributed by atoms with Crippen LogP contribution in [0.15, 0.2) is 29.6 Å². The van der Waals surface area contributed by atoms with Gasteiger partial charge in [0.2, 0.25) is 0 Å². The van der Waals surface area contributed by atoms with Crippen LogP contribution in [0.2, 0.25) is 5.02 Å². The van der Waals surface area contributed by atoms with E-state index in [4.69, 9.17) is 16.3 Å². The predicted molar refractivity (Wildman–Crippen MR) is 84.4 cm³/mol. The van der Waals surface area contributed by atoms with Crippen molar-refractivity contribution in [2.75, 3.05) is 6.54 Å². The molecule has 0 aliphatic carbocycles. The molecule has 0 amide bonds. The number of benzene rings is 1. The minimum atomic E-state index is 0.449. The van der Waals surface area contributed by atoms with Gasteiger partial charge in [-0.15, -0.1) is 11.3 Å². The van der Waals surface area contributed by atoms with Crippen molar-refractivity contribution < 1.29 is 4.74 Å². The normalized spacial score (nSPS) is 11.0. The largest absolute Gasteiger partial charge is 0.486 e. The first-order valence-electron chi connectivity index (χ1n) is 6.66. The molecule has 0 aliphatic rings. The molecule has 0 saturated heterocycles. The van der Waals surface area contributed by atoms with Crippen LogP contribution in [-0.2, 0) is 13.2 Å². The molecule has 0 spiro atoms. The molecule has 1 aromatic heterocycles. The summed E-state index contributed by atoms with van der Waals surface area (Å²) in [5.41, 5.74) is 0.941. The number of rotatable bonds is 7. The molecule has 20 heavy (non-hydrogen) atoms. The number of hydrogen-bond donors (Lipinski definition) is 1. The molecule has 108 valence electrons. The van der Waals surface area contributed by atoms with Crippen LogP contribution in [0.5, 0.6) is 5.75 Å². The zero-order chi connectivity index (χ0) is 14.4. The van der Waals surface area contributed by atoms with Gasteiger partial charge in [0.1, 0.15) is 17.4 Å². The first-order chi connectivity index (χ1) is 9.65. The summed E-state index contributed by atoms with van der Waals surface area (Å²) >= 11 is 7.69. The maximum absolute atomic E-state index is 6.04. The Hall–Kier alpha value is -1.10. The maximum atomic E-state index is 6.04. The number of halogens is 1. The number of thiazole rings is 1. The van der Waals surface area contributed by atoms with E-state index in [1.807, 2.05) is 29.6 Å². The SMILES string of the molecule is CC(C)CNCc1nc(COc2ccccc2Cl)cs1. The molecule has 0 bridgehead atoms. The van der Waals surface area contributed by atoms with Gasteiger partial charge >= 0.3 is 0 Å². The monoisotopic (exact) mass is 310 g/mol. The van der Waals surface area contributed by atoms with Gasteiger partial charge in [0.05, 0.1) is 10.7 Å². The summed E-state index contributed by atoms with van der Waals surface area (Å²) in [5, 5.41) is 7.13. The van der Waals surface area contributed by atoms with E-state index in [-0.39, 0.29) is 0 Å². The highest BCUT2D eigenvalue weighted by Crippen LogP contribution is 2.24. The third-order valence-electron chi connectivity index (χ3n) is 2.64. The summed E-state index contributed by atoms with van der Waals surface area (Å²) in [5.74, 6) is 1.35. The van der Waals surface area contributed by atoms with Crippen LogP contribution in [-0.4, -0.2) is 11.5 Å². The molecule has 1 heterocycles. The summed E-state index contributed by atoms with van der Waals surface area (Å²) in [7, 11) is 0. The highest BCUT2D eigenvalue weighted by Gasteiger charge is 2.05. The van der Waals surface area contributed by atoms with Crippen molar-refractivity contribution in [3.8, 4) is 5.75 Å². The Bertz CT molecular complexity index is 542. The minimum absolute atomic E-state index is 0.449. The Morgan fingerprint density at radius 2 is 2.15 bits per heavy atom. The van der Waals surface area contributed by atoms with Crippen LogP contribution < -0.4 is 10.1 Å². The first-order valence-corrected chi connectivity index (χ1v) is 7.92. The topological polar surface area (TPSA) is 34.2 Å². The molecule has 0 aliphatic heterocycles. The van der Waals surface area contributed by atoms with E-state index >= 15 is 0 Å². The highest BCUT2D eigenvalue weighted by molar-refractivity contribution is 7.09. The van der Waals surface area contributed by atoms with Crippen molar-refractivity contribution in [1.29, 1.82) is 0 Å². The van der Waals surface area contributed by atoms with Crippen LogP contribution in [0, 0.1) is 5.92 Å². The standard InChI is InChI=1S/C15H19ClN2OS/c1-11(2)7-17-8-15-18-12(10-20-15)9-19-14-6-4-3-5-13(14)16/h3-6,10-11,17H,7-9H2,1-2H3. The third kappa shape index (κ3) is 4.78. The van der Waals surface area contributed by atoms with Gasteiger partial charge in [-0.3, -0.25) is 0 Å². The number of ether oxygens (including phenoxy) is 1. The maximum Gasteiger partial charge on any atom is 0.138 e. The molecule has 2 rings (SSSR count). The van der Waals surface area contributed by atoms with Crippen LogP contribution in [0.3, 0.4) is 0 Å². The van der Waals surface area contributed by atoms with E-state index in [1.165, 1.54) is 0 Å². The van der Waals surface area contributed by atoms with Crippen LogP contribution in [0.1, 0.15) is 24.5 Å². The van der Waals surface area contributed by atoms with E-state index in [9.17, 15) is 0 Å². The van der Waals surface area contributed by atoms with Crippen molar-refractivity contribution in [2.45, 2.75) is 27.0 Å². The Kier molecular flexibility index (Phi) is 5.83. The third-order valence-corrected chi connectivity index (χ3v) is 3.85. The first kappa shape index (κ1) is 15.3. The fourth-order valence-electron chi connectivity index (χ4n) is 1.68. The lowest BCUT2D eigenvalue weighted by Gasteiger charge is -2.06. The average molecular weight is 311 g/mol. The van der Waals surface area contributed by atoms with Gasteiger partial charge < -0.3 is 10.1 Å². The van der Waals surface area contributed by atoms with Crippen molar-refractivity contribution in [3.05, 3.63) is 45.4 Å². The fraction of sp³-hybridized carbons (Fsp3) is 0.400. The molecule has 1 aromatic carbocycles. The van der Waals surface area contributed by atoms with Crippen molar-refractivity contribution in [3.63, 3.8) is 0 Å². The number of para-hydroxylation sites is 1. The van der Waals surface area contributed by atoms with Crippen molar-refractivity contribution >= 4 is 22.9 Å². The Balaban J connectivity index is 1.82. The van der Waals surface area contributed by atoms with Gasteiger partial charge in [-0.05, 0) is 24.6 Å². The van der Waals surface area contributed by atoms with Crippen molar-refractivity contribution in [1.82, 2.24) is 10.3 Å². The minimum Gasteiger partial charge on any atom is -0.486 e. The van der Waals surface area contributed by atoms with Gasteiger partial charge in [-0.25, -0.2) is 4.98 Å². The molecule has 5 heteroatoms. The second-order valence-electron chi connectivity index (χ2n) is 4.98. The summed E-state index contributed by atoms with van der Waals surface area (Å²) in [4.78, 5) is 4.54. The molecular formula is C15H19ClN2OS. The molecule has 3 nitrogen and oxygen atoms in total. The second kappa shape index (κ2) is 7.62. The second-order valence-corrected chi connectivity index (χ2v) is 6.33. The molecule has 0 unspecified atom stereocenters. The van der Waals surface area contributed by atoms with Crippen LogP contribution in [0.25, 0.3) is 0 Å². The van der Waals surface area contributed by atoms with E-state index in [0.29, 0.717) is 23.3 Å². The lowest BCUT2D eigenvalue weighted by molar-refractivity contribution is 0.302. The van der Waals surface area contributed by atoms with Gasteiger partial charge in [0.25, 0.3) is 0 Å². The number of hydrogen-bond acceptors (Lipinski definition) is 4. The molecule has 2 aromatic rings. The molecule has 0 saturated carbocycles. The molecule has 0 fully saturated rings. The number of nitrogens with zero attached hydrogens (tertiary/aromatic N) is 1. The molecule has 1 N–H and O–H groups in total. The quantitative estimate of drug-likeness (QED) is 0.835. The van der Waals surface area contributed by atoms with E-state index in [2.05, 4.69) is 24.1 Å². The Morgan fingerprint density at radius 1 is 1.35 bits per heavy atom. The van der Waals surface area contributed by atoms with E-state index in [0.717, 1.165) is 23.8 Å². The highest BCUT2D eigenvalue weighted by atomic mass is 35.5. The van der Waals surface area contributed by atoms with Gasteiger partial charge in [0, 0.05) is 11.9 Å². The Labute approximate surface area is 129 Å². The van der Waals surface area contributed by atoms with E-state index in [1.54, 1.807) is 11.3 Å². The lowest BCUT2D eigenvalue weighted by Crippen LogP contribution is -2.18. The summed E-state index contributed by atoms with van der Waals surface area (Å²) in [6.07, 6.45) is 0. The zero-order valence-corrected chi connectivity index (χ0v) is 13.3. The smallest absolute Gasteiger partial charge is 0.138 e. The average Bonchev–Trinajstić information content (AvgIpc) is 2.85. The van der Waals surface area contributed by atoms with Gasteiger partial charge in [-0.2, -0.15) is 0 Å². The van der Waals surface area contributed by atoms with Crippen LogP contribution in [0.4, 0.5) is 0 Å². The van der Waals surface area contributed by atoms with Gasteiger partial charge in [0.15, 0.2) is 0 Å². The summed E-state index contributed by atoms with van der Waals surface area (Å²) < 4.78 is 5.67. The molecule has 0 radical (unpaired) electrons. The predicted octanol–water partition coefficient (Wildman–Crippen LogP) is 4.12. The summed E-state index contributed by atoms with van der Waals surface area (Å²) in [6.45, 7) is 6.65. The Morgan fingerprint density at radius 3 is 2.90 bits per heavy atom. The van der Waals surface area contributed by atoms with E-state index < -0.39 is 0 Å². The van der Waals surface area contributed by atoms with Gasteiger partial charge in [-0.1, -0.05) is 37.6 Å². The number of aromatic nitrogens is 1.